The number of aliphatic hydroxyl groups is 1. The number of aromatic nitrogens is 3. The number of aliphatic hydroxyl groups excluding tert-OH is 1. The number of likely N-dealkylation sites (tertiary alicyclic amines) is 3. The SMILES string of the molecule is Cc1ncsc1-c1ccc([C@H](C)NC(=O)[C@@H]2C[C@@H](O)CN2C(=O)[C@@H](NC(=O)CN2CC(OCCCC3CCN(C[C@@H](C)Oc4nc(N5CCNCC5)c5cc(Cl)c(-c6cc(O)cc7ccccc67)c(F)c5n4)CC3)C2)C(C)(C)C)cc1. The minimum atomic E-state index is -0.910. The second-order valence-electron chi connectivity index (χ2n) is 23.6. The number of aromatic hydroxyl groups is 1. The first-order chi connectivity index (χ1) is 38.9. The summed E-state index contributed by atoms with van der Waals surface area (Å²) in [7, 11) is 0. The summed E-state index contributed by atoms with van der Waals surface area (Å²) < 4.78 is 29.7. The number of hydrogen-bond acceptors (Lipinski definition) is 15. The summed E-state index contributed by atoms with van der Waals surface area (Å²) >= 11 is 8.50. The van der Waals surface area contributed by atoms with Gasteiger partial charge in [0.2, 0.25) is 17.7 Å². The smallest absolute Gasteiger partial charge is 0.319 e. The van der Waals surface area contributed by atoms with Crippen molar-refractivity contribution < 1.29 is 38.5 Å². The van der Waals surface area contributed by atoms with Crippen molar-refractivity contribution in [3.8, 4) is 33.3 Å². The maximum absolute atomic E-state index is 17.0. The molecule has 0 radical (unpaired) electrons. The number of nitrogens with one attached hydrogen (secondary N) is 3. The third-order valence-electron chi connectivity index (χ3n) is 16.4. The number of phenolic OH excluding ortho intramolecular Hbond substituents is 1. The summed E-state index contributed by atoms with van der Waals surface area (Å²) in [5.74, 6) is -0.450. The lowest BCUT2D eigenvalue weighted by Gasteiger charge is -2.40. The molecule has 6 heterocycles. The highest BCUT2D eigenvalue weighted by atomic mass is 35.5. The number of rotatable bonds is 19. The van der Waals surface area contributed by atoms with E-state index in [1.807, 2.05) is 100 Å². The summed E-state index contributed by atoms with van der Waals surface area (Å²) in [6, 6.07) is 18.4. The Labute approximate surface area is 482 Å². The lowest BCUT2D eigenvalue weighted by molar-refractivity contribution is -0.144. The first kappa shape index (κ1) is 58.1. The number of thiazole rings is 1. The molecule has 4 saturated heterocycles. The van der Waals surface area contributed by atoms with Crippen LogP contribution in [0, 0.1) is 24.1 Å². The van der Waals surface area contributed by atoms with Crippen LogP contribution in [0.2, 0.25) is 5.02 Å². The lowest BCUT2D eigenvalue weighted by Crippen LogP contribution is -2.60. The zero-order chi connectivity index (χ0) is 57.1. The number of phenols is 1. The molecule has 20 heteroatoms. The first-order valence-electron chi connectivity index (χ1n) is 28.6. The number of amides is 3. The van der Waals surface area contributed by atoms with Crippen LogP contribution in [-0.2, 0) is 19.1 Å². The van der Waals surface area contributed by atoms with Crippen LogP contribution in [0.5, 0.6) is 11.8 Å². The Morgan fingerprint density at radius 2 is 1.68 bits per heavy atom. The first-order valence-corrected chi connectivity index (χ1v) is 29.8. The Morgan fingerprint density at radius 3 is 2.40 bits per heavy atom. The van der Waals surface area contributed by atoms with Gasteiger partial charge in [-0.25, -0.2) is 9.37 Å². The number of benzene rings is 4. The minimum Gasteiger partial charge on any atom is -0.508 e. The molecule has 3 amide bonds. The topological polar surface area (TPSA) is 198 Å². The molecule has 0 bridgehead atoms. The molecule has 17 nitrogen and oxygen atoms in total. The number of halogens is 2. The predicted octanol–water partition coefficient (Wildman–Crippen LogP) is 8.12. The average Bonchev–Trinajstić information content (AvgIpc) is 4.11. The molecule has 5 atom stereocenters. The number of nitrogens with zero attached hydrogens (tertiary/aromatic N) is 7. The van der Waals surface area contributed by atoms with Gasteiger partial charge in [-0.05, 0) is 117 Å². The van der Waals surface area contributed by atoms with E-state index in [2.05, 4.69) is 30.7 Å². The van der Waals surface area contributed by atoms with Crippen LogP contribution in [0.25, 0.3) is 43.2 Å². The Balaban J connectivity index is 0.656. The van der Waals surface area contributed by atoms with Gasteiger partial charge in [0.25, 0.3) is 0 Å². The van der Waals surface area contributed by atoms with Crippen LogP contribution >= 0.6 is 22.9 Å². The molecular formula is C61H76ClFN10O7S. The number of anilines is 1. The number of hydrogen-bond donors (Lipinski definition) is 5. The molecule has 0 saturated carbocycles. The molecule has 432 valence electrons. The Kier molecular flexibility index (Phi) is 18.1. The van der Waals surface area contributed by atoms with Crippen molar-refractivity contribution >= 4 is 68.2 Å². The summed E-state index contributed by atoms with van der Waals surface area (Å²) in [5, 5.41) is 33.0. The second kappa shape index (κ2) is 25.2. The third-order valence-corrected chi connectivity index (χ3v) is 17.6. The van der Waals surface area contributed by atoms with Gasteiger partial charge in [-0.3, -0.25) is 24.2 Å². The van der Waals surface area contributed by atoms with Crippen LogP contribution < -0.4 is 25.6 Å². The van der Waals surface area contributed by atoms with Crippen molar-refractivity contribution in [2.75, 3.05) is 83.5 Å². The highest BCUT2D eigenvalue weighted by molar-refractivity contribution is 7.13. The summed E-state index contributed by atoms with van der Waals surface area (Å²) in [4.78, 5) is 64.5. The second-order valence-corrected chi connectivity index (χ2v) is 24.9. The number of ether oxygens (including phenoxy) is 2. The molecular weight excluding hydrogens is 1070 g/mol. The van der Waals surface area contributed by atoms with E-state index in [9.17, 15) is 24.6 Å². The molecule has 4 aromatic carbocycles. The number of carbonyl (C=O) groups excluding carboxylic acids is 3. The molecule has 0 aliphatic carbocycles. The van der Waals surface area contributed by atoms with Crippen molar-refractivity contribution in [3.05, 3.63) is 94.3 Å². The van der Waals surface area contributed by atoms with E-state index < -0.39 is 35.3 Å². The number of β-amino-alcohol motifs (C(OH)–C–C–N with tert-alkyl or cyclic N) is 1. The molecule has 4 aliphatic heterocycles. The monoisotopic (exact) mass is 1150 g/mol. The fourth-order valence-corrected chi connectivity index (χ4v) is 13.0. The predicted molar refractivity (Wildman–Crippen MR) is 315 cm³/mol. The Morgan fingerprint density at radius 1 is 0.938 bits per heavy atom. The molecule has 0 spiro atoms. The molecule has 6 aromatic rings. The third kappa shape index (κ3) is 13.6. The fourth-order valence-electron chi connectivity index (χ4n) is 11.9. The van der Waals surface area contributed by atoms with E-state index in [1.54, 1.807) is 23.5 Å². The normalized spacial score (nSPS) is 19.9. The van der Waals surface area contributed by atoms with Gasteiger partial charge in [-0.2, -0.15) is 9.97 Å². The maximum atomic E-state index is 17.0. The van der Waals surface area contributed by atoms with E-state index in [0.717, 1.165) is 84.3 Å². The van der Waals surface area contributed by atoms with Crippen LogP contribution in [0.3, 0.4) is 0 Å². The molecule has 4 fully saturated rings. The van der Waals surface area contributed by atoms with Gasteiger partial charge in [-0.15, -0.1) is 11.3 Å². The number of piperidine rings is 1. The van der Waals surface area contributed by atoms with Gasteiger partial charge in [0.05, 0.1) is 45.9 Å². The zero-order valence-electron chi connectivity index (χ0n) is 47.2. The van der Waals surface area contributed by atoms with Crippen LogP contribution in [0.4, 0.5) is 10.2 Å². The van der Waals surface area contributed by atoms with Gasteiger partial charge in [0, 0.05) is 76.3 Å². The molecule has 2 aromatic heterocycles. The molecule has 5 N–H and O–H groups in total. The van der Waals surface area contributed by atoms with Crippen molar-refractivity contribution in [2.45, 2.75) is 110 Å². The van der Waals surface area contributed by atoms with Crippen LogP contribution in [0.15, 0.2) is 72.2 Å². The summed E-state index contributed by atoms with van der Waals surface area (Å²) in [6.07, 6.45) is 3.13. The molecule has 0 unspecified atom stereocenters. The quantitative estimate of drug-likeness (QED) is 0.0488. The summed E-state index contributed by atoms with van der Waals surface area (Å²) in [6.45, 7) is 18.9. The van der Waals surface area contributed by atoms with Crippen LogP contribution in [-0.4, -0.2) is 167 Å². The van der Waals surface area contributed by atoms with Gasteiger partial charge in [0.15, 0.2) is 5.82 Å². The highest BCUT2D eigenvalue weighted by Crippen LogP contribution is 2.43. The van der Waals surface area contributed by atoms with Gasteiger partial charge in [0.1, 0.15) is 35.3 Å². The standard InChI is InChI=1S/C61H76ClFN10O7S/c1-36(80-60-68-54-48(57(69-60)72-23-19-64-20-24-72)29-49(62)52(53(54)63)47-27-43(74)26-42-11-7-8-12-46(42)47)30-70-21-17-39(18-22-70)10-9-25-79-45-32-71(33-45)34-51(76)67-56(61(4,5)6)59(78)73-31-44(75)28-50(73)58(77)66-37(2)40-13-15-41(16-14-40)55-38(3)65-35-81-55/h7-8,11-16,26-27,29,35-37,39,44-45,50,56,64,74-75H,9-10,17-25,28,30-34H2,1-6H3,(H,66,77)(H,67,76)/t36-,37+,44-,50+,56-/m1/s1. The van der Waals surface area contributed by atoms with Gasteiger partial charge in [-0.1, -0.05) is 80.9 Å². The zero-order valence-corrected chi connectivity index (χ0v) is 48.8. The Hall–Kier alpha value is -6.06. The van der Waals surface area contributed by atoms with E-state index >= 15 is 4.39 Å². The van der Waals surface area contributed by atoms with Crippen molar-refractivity contribution in [1.82, 2.24) is 45.6 Å². The molecule has 81 heavy (non-hydrogen) atoms. The number of fused-ring (bicyclic) bond motifs is 2. The van der Waals surface area contributed by atoms with Gasteiger partial charge < -0.3 is 45.4 Å². The van der Waals surface area contributed by atoms with Crippen molar-refractivity contribution in [1.29, 1.82) is 0 Å². The van der Waals surface area contributed by atoms with E-state index in [4.69, 9.17) is 31.0 Å². The van der Waals surface area contributed by atoms with Gasteiger partial charge >= 0.3 is 6.01 Å². The Bertz CT molecular complexity index is 3210. The van der Waals surface area contributed by atoms with E-state index in [1.165, 1.54) is 11.0 Å². The molecule has 4 aliphatic rings. The van der Waals surface area contributed by atoms with Crippen molar-refractivity contribution in [2.24, 2.45) is 11.3 Å². The average molecular weight is 1150 g/mol. The molecule has 10 rings (SSSR count). The number of piperazine rings is 1. The summed E-state index contributed by atoms with van der Waals surface area (Å²) in [5.41, 5.74) is 4.84. The maximum Gasteiger partial charge on any atom is 0.319 e. The lowest BCUT2D eigenvalue weighted by atomic mass is 9.85. The largest absolute Gasteiger partial charge is 0.508 e. The van der Waals surface area contributed by atoms with E-state index in [-0.39, 0.29) is 77.4 Å². The highest BCUT2D eigenvalue weighted by Gasteiger charge is 2.45. The number of carbonyl (C=O) groups is 3. The van der Waals surface area contributed by atoms with Crippen molar-refractivity contribution in [3.63, 3.8) is 0 Å². The fraction of sp³-hybridized carbons (Fsp3) is 0.508. The van der Waals surface area contributed by atoms with Crippen LogP contribution in [0.1, 0.15) is 84.0 Å². The minimum absolute atomic E-state index is 0.00477. The van der Waals surface area contributed by atoms with E-state index in [0.29, 0.717) is 62.0 Å². The number of aryl methyl sites for hydroxylation is 1.